The molecule has 1 aromatic carbocycles. The molecule has 0 fully saturated rings. The Morgan fingerprint density at radius 3 is 2.74 bits per heavy atom. The summed E-state index contributed by atoms with van der Waals surface area (Å²) in [6, 6.07) is 5.84. The predicted molar refractivity (Wildman–Crippen MR) is 77.0 cm³/mol. The van der Waals surface area contributed by atoms with Crippen molar-refractivity contribution in [3.05, 3.63) is 35.1 Å². The molecular weight excluding hydrogens is 262 g/mol. The van der Waals surface area contributed by atoms with Gasteiger partial charge in [-0.25, -0.2) is 0 Å². The molecule has 2 rings (SSSR count). The highest BCUT2D eigenvalue weighted by molar-refractivity contribution is 7.84. The smallest absolute Gasteiger partial charge is 0.287 e. The first-order chi connectivity index (χ1) is 9.00. The third kappa shape index (κ3) is 2.87. The molecule has 1 heterocycles. The van der Waals surface area contributed by atoms with E-state index in [4.69, 9.17) is 4.42 Å². The van der Waals surface area contributed by atoms with Gasteiger partial charge in [0, 0.05) is 40.3 Å². The molecule has 0 radical (unpaired) electrons. The summed E-state index contributed by atoms with van der Waals surface area (Å²) in [5, 5.41) is 3.69. The molecule has 0 saturated heterocycles. The van der Waals surface area contributed by atoms with Gasteiger partial charge in [-0.2, -0.15) is 0 Å². The number of hydrogen-bond donors (Lipinski definition) is 1. The Morgan fingerprint density at radius 2 is 2.11 bits per heavy atom. The number of aryl methyl sites for hydroxylation is 2. The van der Waals surface area contributed by atoms with E-state index in [0.717, 1.165) is 22.1 Å². The number of hydrogen-bond acceptors (Lipinski definition) is 3. The number of carbonyl (C=O) groups excluding carboxylic acids is 1. The molecule has 2 aromatic rings. The zero-order chi connectivity index (χ0) is 14.0. The van der Waals surface area contributed by atoms with Crippen LogP contribution in [-0.2, 0) is 10.8 Å². The van der Waals surface area contributed by atoms with Crippen LogP contribution in [0, 0.1) is 13.8 Å². The average molecular weight is 279 g/mol. The van der Waals surface area contributed by atoms with Gasteiger partial charge in [-0.15, -0.1) is 0 Å². The van der Waals surface area contributed by atoms with E-state index in [1.54, 1.807) is 6.26 Å². The Balaban J connectivity index is 2.25. The van der Waals surface area contributed by atoms with E-state index in [2.05, 4.69) is 5.32 Å². The van der Waals surface area contributed by atoms with Gasteiger partial charge in [-0.05, 0) is 19.4 Å². The molecule has 1 amide bonds. The van der Waals surface area contributed by atoms with E-state index in [0.29, 0.717) is 18.1 Å². The van der Waals surface area contributed by atoms with E-state index in [1.165, 1.54) is 0 Å². The van der Waals surface area contributed by atoms with Crippen LogP contribution in [0.3, 0.4) is 0 Å². The molecule has 0 spiro atoms. The fourth-order valence-corrected chi connectivity index (χ4v) is 2.38. The van der Waals surface area contributed by atoms with Crippen LogP contribution < -0.4 is 5.32 Å². The lowest BCUT2D eigenvalue weighted by Crippen LogP contribution is -2.27. The highest BCUT2D eigenvalue weighted by Crippen LogP contribution is 2.27. The number of para-hydroxylation sites is 1. The number of rotatable bonds is 4. The van der Waals surface area contributed by atoms with E-state index in [9.17, 15) is 9.00 Å². The van der Waals surface area contributed by atoms with Crippen molar-refractivity contribution in [2.75, 3.05) is 18.6 Å². The van der Waals surface area contributed by atoms with Crippen LogP contribution in [0.5, 0.6) is 0 Å². The summed E-state index contributed by atoms with van der Waals surface area (Å²) >= 11 is 0. The number of furan rings is 1. The summed E-state index contributed by atoms with van der Waals surface area (Å²) in [7, 11) is -0.907. The Hall–Kier alpha value is -1.62. The molecule has 0 aliphatic heterocycles. The third-order valence-corrected chi connectivity index (χ3v) is 3.82. The second kappa shape index (κ2) is 5.57. The summed E-state index contributed by atoms with van der Waals surface area (Å²) in [5.74, 6) is 0.536. The maximum absolute atomic E-state index is 12.0. The standard InChI is InChI=1S/C14H17NO3S/c1-9-5-4-6-11-10(2)13(18-12(9)11)14(16)15-7-8-19(3)17/h4-6H,7-8H2,1-3H3,(H,15,16)/t19-/m0/s1. The van der Waals surface area contributed by atoms with Gasteiger partial charge in [0.15, 0.2) is 5.76 Å². The Bertz CT molecular complexity index is 645. The van der Waals surface area contributed by atoms with E-state index in [1.807, 2.05) is 32.0 Å². The van der Waals surface area contributed by atoms with Crippen LogP contribution >= 0.6 is 0 Å². The zero-order valence-electron chi connectivity index (χ0n) is 11.3. The Kier molecular flexibility index (Phi) is 4.04. The normalized spacial score (nSPS) is 12.6. The number of carbonyl (C=O) groups is 1. The van der Waals surface area contributed by atoms with Crippen LogP contribution in [0.1, 0.15) is 21.7 Å². The van der Waals surface area contributed by atoms with Crippen LogP contribution in [-0.4, -0.2) is 28.7 Å². The largest absolute Gasteiger partial charge is 0.450 e. The van der Waals surface area contributed by atoms with Crippen LogP contribution in [0.25, 0.3) is 11.0 Å². The van der Waals surface area contributed by atoms with Gasteiger partial charge in [-0.3, -0.25) is 9.00 Å². The van der Waals surface area contributed by atoms with E-state index in [-0.39, 0.29) is 5.91 Å². The molecule has 0 unspecified atom stereocenters. The summed E-state index contributed by atoms with van der Waals surface area (Å²) in [5.41, 5.74) is 2.60. The fraction of sp³-hybridized carbons (Fsp3) is 0.357. The highest BCUT2D eigenvalue weighted by atomic mass is 32.2. The SMILES string of the molecule is Cc1c(C(=O)NCC[S@](C)=O)oc2c(C)cccc12. The van der Waals surface area contributed by atoms with Gasteiger partial charge in [-0.1, -0.05) is 18.2 Å². The van der Waals surface area contributed by atoms with Crippen molar-refractivity contribution in [3.8, 4) is 0 Å². The molecule has 0 aliphatic carbocycles. The molecule has 4 nitrogen and oxygen atoms in total. The van der Waals surface area contributed by atoms with Crippen molar-refractivity contribution in [2.24, 2.45) is 0 Å². The quantitative estimate of drug-likeness (QED) is 0.933. The molecule has 1 N–H and O–H groups in total. The number of amides is 1. The summed E-state index contributed by atoms with van der Waals surface area (Å²) < 4.78 is 16.6. The molecule has 19 heavy (non-hydrogen) atoms. The van der Waals surface area contributed by atoms with E-state index >= 15 is 0 Å². The molecule has 1 aromatic heterocycles. The average Bonchev–Trinajstić information content (AvgIpc) is 2.68. The lowest BCUT2D eigenvalue weighted by Gasteiger charge is -2.01. The van der Waals surface area contributed by atoms with Crippen molar-refractivity contribution >= 4 is 27.7 Å². The monoisotopic (exact) mass is 279 g/mol. The van der Waals surface area contributed by atoms with Crippen molar-refractivity contribution in [2.45, 2.75) is 13.8 Å². The summed E-state index contributed by atoms with van der Waals surface area (Å²) in [6.07, 6.45) is 1.61. The van der Waals surface area contributed by atoms with Crippen molar-refractivity contribution in [3.63, 3.8) is 0 Å². The first-order valence-electron chi connectivity index (χ1n) is 6.07. The molecule has 0 aliphatic rings. The fourth-order valence-electron chi connectivity index (χ4n) is 1.99. The molecule has 0 bridgehead atoms. The highest BCUT2D eigenvalue weighted by Gasteiger charge is 2.17. The third-order valence-electron chi connectivity index (χ3n) is 3.04. The van der Waals surface area contributed by atoms with Crippen molar-refractivity contribution in [1.29, 1.82) is 0 Å². The first-order valence-corrected chi connectivity index (χ1v) is 7.80. The van der Waals surface area contributed by atoms with Gasteiger partial charge >= 0.3 is 0 Å². The lowest BCUT2D eigenvalue weighted by molar-refractivity contribution is 0.0930. The summed E-state index contributed by atoms with van der Waals surface area (Å²) in [4.78, 5) is 12.0. The van der Waals surface area contributed by atoms with Crippen LogP contribution in [0.2, 0.25) is 0 Å². The topological polar surface area (TPSA) is 59.3 Å². The second-order valence-electron chi connectivity index (χ2n) is 4.54. The van der Waals surface area contributed by atoms with Crippen LogP contribution in [0.15, 0.2) is 22.6 Å². The van der Waals surface area contributed by atoms with E-state index < -0.39 is 10.8 Å². The van der Waals surface area contributed by atoms with Gasteiger partial charge in [0.25, 0.3) is 5.91 Å². The zero-order valence-corrected chi connectivity index (χ0v) is 12.1. The van der Waals surface area contributed by atoms with Crippen molar-refractivity contribution in [1.82, 2.24) is 5.32 Å². The first kappa shape index (κ1) is 13.8. The summed E-state index contributed by atoms with van der Waals surface area (Å²) in [6.45, 7) is 4.21. The Labute approximate surface area is 114 Å². The molecular formula is C14H17NO3S. The van der Waals surface area contributed by atoms with Gasteiger partial charge in [0.05, 0.1) is 0 Å². The molecule has 5 heteroatoms. The lowest BCUT2D eigenvalue weighted by atomic mass is 10.1. The minimum Gasteiger partial charge on any atom is -0.450 e. The second-order valence-corrected chi connectivity index (χ2v) is 6.10. The predicted octanol–water partition coefficient (Wildman–Crippen LogP) is 2.16. The number of nitrogens with one attached hydrogen (secondary N) is 1. The van der Waals surface area contributed by atoms with Crippen molar-refractivity contribution < 1.29 is 13.4 Å². The van der Waals surface area contributed by atoms with Gasteiger partial charge < -0.3 is 9.73 Å². The molecule has 1 atom stereocenters. The number of fused-ring (bicyclic) bond motifs is 1. The molecule has 0 saturated carbocycles. The minimum atomic E-state index is -0.907. The minimum absolute atomic E-state index is 0.251. The number of benzene rings is 1. The maximum atomic E-state index is 12.0. The van der Waals surface area contributed by atoms with Gasteiger partial charge in [0.1, 0.15) is 5.58 Å². The maximum Gasteiger partial charge on any atom is 0.287 e. The van der Waals surface area contributed by atoms with Crippen LogP contribution in [0.4, 0.5) is 0 Å². The van der Waals surface area contributed by atoms with Gasteiger partial charge in [0.2, 0.25) is 0 Å². The Morgan fingerprint density at radius 1 is 1.37 bits per heavy atom. The molecule has 102 valence electrons.